The van der Waals surface area contributed by atoms with Gasteiger partial charge in [-0.05, 0) is 24.6 Å². The molecule has 1 N–H and O–H groups in total. The van der Waals surface area contributed by atoms with Crippen LogP contribution in [0.3, 0.4) is 0 Å². The summed E-state index contributed by atoms with van der Waals surface area (Å²) in [5, 5.41) is 3.50. The molecule has 3 nitrogen and oxygen atoms in total. The number of hydrogen-bond donors (Lipinski definition) is 1. The molecule has 4 heteroatoms. The Labute approximate surface area is 91.0 Å². The highest BCUT2D eigenvalue weighted by molar-refractivity contribution is 6.31. The van der Waals surface area contributed by atoms with Crippen molar-refractivity contribution in [1.29, 1.82) is 0 Å². The first-order chi connectivity index (χ1) is 7.09. The van der Waals surface area contributed by atoms with E-state index in [4.69, 9.17) is 11.6 Å². The third kappa shape index (κ3) is 1.66. The van der Waals surface area contributed by atoms with Gasteiger partial charge in [-0.3, -0.25) is 9.59 Å². The second-order valence-electron chi connectivity index (χ2n) is 3.29. The third-order valence-corrected chi connectivity index (χ3v) is 2.69. The van der Waals surface area contributed by atoms with Crippen molar-refractivity contribution in [2.45, 2.75) is 6.92 Å². The molecule has 0 radical (unpaired) electrons. The quantitative estimate of drug-likeness (QED) is 0.789. The van der Waals surface area contributed by atoms with E-state index in [9.17, 15) is 9.59 Å². The lowest BCUT2D eigenvalue weighted by atomic mass is 10.1. The molecule has 0 aliphatic carbocycles. The van der Waals surface area contributed by atoms with Crippen LogP contribution >= 0.6 is 11.6 Å². The van der Waals surface area contributed by atoms with Gasteiger partial charge in [0.1, 0.15) is 0 Å². The molecule has 0 fully saturated rings. The zero-order valence-corrected chi connectivity index (χ0v) is 8.76. The van der Waals surface area contributed by atoms with Gasteiger partial charge in [0.25, 0.3) is 0 Å². The number of halogens is 1. The average molecular weight is 222 g/mol. The van der Waals surface area contributed by atoms with E-state index >= 15 is 0 Å². The van der Waals surface area contributed by atoms with Gasteiger partial charge in [0.2, 0.25) is 10.9 Å². The predicted molar refractivity (Wildman–Crippen MR) is 60.8 cm³/mol. The van der Waals surface area contributed by atoms with Crippen molar-refractivity contribution >= 4 is 23.0 Å². The van der Waals surface area contributed by atoms with Crippen LogP contribution in [0.25, 0.3) is 0 Å². The Morgan fingerprint density at radius 2 is 1.93 bits per heavy atom. The van der Waals surface area contributed by atoms with Gasteiger partial charge in [0, 0.05) is 16.8 Å². The molecule has 0 unspecified atom stereocenters. The molecule has 2 aromatic carbocycles. The van der Waals surface area contributed by atoms with E-state index in [0.29, 0.717) is 10.7 Å². The first-order valence-corrected chi connectivity index (χ1v) is 4.80. The number of anilines is 2. The van der Waals surface area contributed by atoms with E-state index in [-0.39, 0.29) is 0 Å². The Hall–Kier alpha value is -1.61. The van der Waals surface area contributed by atoms with E-state index < -0.39 is 10.9 Å². The molecule has 0 saturated heterocycles. The van der Waals surface area contributed by atoms with E-state index in [1.165, 1.54) is 6.07 Å². The zero-order valence-electron chi connectivity index (χ0n) is 8.00. The summed E-state index contributed by atoms with van der Waals surface area (Å²) in [6, 6.07) is 6.63. The topological polar surface area (TPSA) is 46.2 Å². The lowest BCUT2D eigenvalue weighted by Gasteiger charge is -2.10. The summed E-state index contributed by atoms with van der Waals surface area (Å²) in [5.74, 6) is 0. The van der Waals surface area contributed by atoms with E-state index in [0.717, 1.165) is 11.3 Å². The maximum atomic E-state index is 11.0. The Balaban J connectivity index is 2.34. The highest BCUT2D eigenvalue weighted by atomic mass is 35.5. The van der Waals surface area contributed by atoms with E-state index in [1.807, 2.05) is 6.92 Å². The molecule has 0 bridgehead atoms. The molecule has 76 valence electrons. The van der Waals surface area contributed by atoms with Crippen LogP contribution in [0.5, 0.6) is 0 Å². The van der Waals surface area contributed by atoms with Gasteiger partial charge in [-0.1, -0.05) is 17.7 Å². The standard InChI is InChI=1S/C11H8ClNO2/c1-6-7(12)3-2-4-8(6)13-9-5-10(14)11(9)15/h2-5,13H,1H3. The largest absolute Gasteiger partial charge is 0.352 e. The van der Waals surface area contributed by atoms with Crippen LogP contribution < -0.4 is 16.2 Å². The molecule has 0 saturated carbocycles. The summed E-state index contributed by atoms with van der Waals surface area (Å²) in [6.45, 7) is 1.84. The van der Waals surface area contributed by atoms with Gasteiger partial charge >= 0.3 is 0 Å². The van der Waals surface area contributed by atoms with Gasteiger partial charge in [-0.15, -0.1) is 0 Å². The summed E-state index contributed by atoms with van der Waals surface area (Å²) in [4.78, 5) is 21.7. The molecule has 2 aromatic rings. The van der Waals surface area contributed by atoms with Crippen molar-refractivity contribution < 1.29 is 0 Å². The maximum Gasteiger partial charge on any atom is 0.249 e. The van der Waals surface area contributed by atoms with Crippen molar-refractivity contribution in [3.05, 3.63) is 55.3 Å². The normalized spacial score (nSPS) is 10.5. The molecule has 0 spiro atoms. The maximum absolute atomic E-state index is 11.0. The Bertz CT molecular complexity index is 582. The minimum Gasteiger partial charge on any atom is -0.352 e. The Kier molecular flexibility index (Phi) is 2.32. The summed E-state index contributed by atoms with van der Waals surface area (Å²) in [7, 11) is 0. The Morgan fingerprint density at radius 3 is 2.53 bits per heavy atom. The second-order valence-corrected chi connectivity index (χ2v) is 3.70. The second kappa shape index (κ2) is 3.51. The molecule has 0 amide bonds. The molecule has 2 rings (SSSR count). The SMILES string of the molecule is Cc1c(Cl)cccc1Nc1cc(=O)c1=O. The zero-order chi connectivity index (χ0) is 11.0. The van der Waals surface area contributed by atoms with Gasteiger partial charge in [-0.25, -0.2) is 0 Å². The van der Waals surface area contributed by atoms with Gasteiger partial charge < -0.3 is 5.32 Å². The summed E-state index contributed by atoms with van der Waals surface area (Å²) in [5.41, 5.74) is 0.985. The highest BCUT2D eigenvalue weighted by Gasteiger charge is 2.10. The number of hydrogen-bond acceptors (Lipinski definition) is 3. The smallest absolute Gasteiger partial charge is 0.249 e. The summed E-state index contributed by atoms with van der Waals surface area (Å²) in [6.07, 6.45) is 0. The van der Waals surface area contributed by atoms with E-state index in [2.05, 4.69) is 5.32 Å². The monoisotopic (exact) mass is 221 g/mol. The minimum atomic E-state index is -0.477. The van der Waals surface area contributed by atoms with Crippen molar-refractivity contribution in [3.63, 3.8) is 0 Å². The summed E-state index contributed by atoms with van der Waals surface area (Å²) >= 11 is 5.91. The highest BCUT2D eigenvalue weighted by Crippen LogP contribution is 2.24. The third-order valence-electron chi connectivity index (χ3n) is 2.28. The van der Waals surface area contributed by atoms with Gasteiger partial charge in [0.05, 0.1) is 5.69 Å². The first kappa shape index (κ1) is 9.93. The molecule has 0 aromatic heterocycles. The van der Waals surface area contributed by atoms with E-state index in [1.54, 1.807) is 18.2 Å². The van der Waals surface area contributed by atoms with Crippen LogP contribution in [-0.4, -0.2) is 0 Å². The molecule has 0 aliphatic rings. The lowest BCUT2D eigenvalue weighted by molar-refractivity contribution is 1.36. The van der Waals surface area contributed by atoms with Gasteiger partial charge in [-0.2, -0.15) is 0 Å². The van der Waals surface area contributed by atoms with Crippen molar-refractivity contribution in [3.8, 4) is 0 Å². The number of nitrogens with one attached hydrogen (secondary N) is 1. The number of rotatable bonds is 2. The van der Waals surface area contributed by atoms with Crippen LogP contribution in [0.4, 0.5) is 11.4 Å². The van der Waals surface area contributed by atoms with Crippen molar-refractivity contribution in [2.75, 3.05) is 5.32 Å². The average Bonchev–Trinajstić information content (AvgIpc) is 2.23. The molecular formula is C11H8ClNO2. The van der Waals surface area contributed by atoms with Crippen molar-refractivity contribution in [2.24, 2.45) is 0 Å². The van der Waals surface area contributed by atoms with Crippen LogP contribution in [0.1, 0.15) is 5.56 Å². The molecular weight excluding hydrogens is 214 g/mol. The van der Waals surface area contributed by atoms with Crippen LogP contribution in [0.15, 0.2) is 33.9 Å². The Morgan fingerprint density at radius 1 is 1.20 bits per heavy atom. The predicted octanol–water partition coefficient (Wildman–Crippen LogP) is 1.99. The minimum absolute atomic E-state index is 0.324. The fourth-order valence-electron chi connectivity index (χ4n) is 1.30. The lowest BCUT2D eigenvalue weighted by Crippen LogP contribution is -2.31. The summed E-state index contributed by atoms with van der Waals surface area (Å²) < 4.78 is 0. The first-order valence-electron chi connectivity index (χ1n) is 4.42. The fraction of sp³-hybridized carbons (Fsp3) is 0.0909. The fourth-order valence-corrected chi connectivity index (χ4v) is 1.47. The van der Waals surface area contributed by atoms with Crippen molar-refractivity contribution in [1.82, 2.24) is 0 Å². The van der Waals surface area contributed by atoms with Crippen LogP contribution in [0.2, 0.25) is 5.02 Å². The molecule has 15 heavy (non-hydrogen) atoms. The molecule has 0 atom stereocenters. The van der Waals surface area contributed by atoms with Crippen LogP contribution in [-0.2, 0) is 0 Å². The van der Waals surface area contributed by atoms with Crippen LogP contribution in [0, 0.1) is 6.92 Å². The molecule has 0 heterocycles. The molecule has 0 aliphatic heterocycles. The van der Waals surface area contributed by atoms with Gasteiger partial charge in [0.15, 0.2) is 0 Å². The number of benzene rings is 1.